The van der Waals surface area contributed by atoms with Crippen molar-refractivity contribution < 1.29 is 22.7 Å². The summed E-state index contributed by atoms with van der Waals surface area (Å²) in [6, 6.07) is 6.40. The van der Waals surface area contributed by atoms with Crippen molar-refractivity contribution >= 4 is 29.4 Å². The number of rotatable bonds is 7. The lowest BCUT2D eigenvalue weighted by Crippen LogP contribution is -2.13. The fraction of sp³-hybridized carbons (Fsp3) is 0.250. The Morgan fingerprint density at radius 2 is 1.96 bits per heavy atom. The van der Waals surface area contributed by atoms with E-state index in [1.165, 1.54) is 23.9 Å². The largest absolute Gasteiger partial charge is 0.472 e. The van der Waals surface area contributed by atoms with Crippen LogP contribution < -0.4 is 10.5 Å². The van der Waals surface area contributed by atoms with E-state index in [1.807, 2.05) is 6.07 Å². The molecule has 0 fully saturated rings. The van der Waals surface area contributed by atoms with Crippen molar-refractivity contribution in [3.8, 4) is 11.9 Å². The van der Waals surface area contributed by atoms with E-state index in [9.17, 15) is 23.2 Å². The van der Waals surface area contributed by atoms with Crippen LogP contribution in [0.1, 0.15) is 16.7 Å². The minimum atomic E-state index is -4.42. The van der Waals surface area contributed by atoms with Crippen LogP contribution in [-0.4, -0.2) is 27.9 Å². The van der Waals surface area contributed by atoms with Gasteiger partial charge < -0.3 is 10.5 Å². The molecule has 6 nitrogen and oxygen atoms in total. The van der Waals surface area contributed by atoms with Gasteiger partial charge in [0.25, 0.3) is 0 Å². The second-order valence-electron chi connectivity index (χ2n) is 5.05. The number of hydrogen-bond acceptors (Lipinski definition) is 7. The van der Waals surface area contributed by atoms with E-state index in [4.69, 9.17) is 10.5 Å². The third-order valence-corrected chi connectivity index (χ3v) is 4.67. The fourth-order valence-corrected chi connectivity index (χ4v) is 3.00. The molecule has 0 radical (unpaired) electrons. The van der Waals surface area contributed by atoms with Gasteiger partial charge in [-0.05, 0) is 24.0 Å². The number of amides is 1. The monoisotopic (exact) mass is 414 g/mol. The summed E-state index contributed by atoms with van der Waals surface area (Å²) in [5.74, 6) is -0.651. The number of hydrogen-bond donors (Lipinski definition) is 1. The fourth-order valence-electron chi connectivity index (χ4n) is 1.88. The number of primary amides is 1. The van der Waals surface area contributed by atoms with Gasteiger partial charge in [-0.1, -0.05) is 35.7 Å². The molecule has 1 aromatic carbocycles. The molecule has 1 heterocycles. The van der Waals surface area contributed by atoms with Gasteiger partial charge in [-0.15, -0.1) is 0 Å². The lowest BCUT2D eigenvalue weighted by molar-refractivity contribution is -0.137. The number of nitrogens with two attached hydrogens (primary N) is 1. The van der Waals surface area contributed by atoms with E-state index in [1.54, 1.807) is 6.26 Å². The van der Waals surface area contributed by atoms with E-state index < -0.39 is 17.6 Å². The van der Waals surface area contributed by atoms with Crippen molar-refractivity contribution in [2.45, 2.75) is 23.0 Å². The van der Waals surface area contributed by atoms with Gasteiger partial charge in [0.2, 0.25) is 11.8 Å². The van der Waals surface area contributed by atoms with Crippen LogP contribution in [0.5, 0.6) is 5.88 Å². The molecule has 1 aromatic heterocycles. The first-order chi connectivity index (χ1) is 12.7. The normalized spacial score (nSPS) is 11.1. The molecule has 11 heteroatoms. The van der Waals surface area contributed by atoms with Crippen molar-refractivity contribution in [2.24, 2.45) is 5.73 Å². The average Bonchev–Trinajstić information content (AvgIpc) is 2.63. The molecule has 0 aliphatic heterocycles. The van der Waals surface area contributed by atoms with Crippen LogP contribution in [0.25, 0.3) is 0 Å². The Morgan fingerprint density at radius 1 is 1.30 bits per heavy atom. The van der Waals surface area contributed by atoms with Crippen LogP contribution >= 0.6 is 23.5 Å². The Morgan fingerprint density at radius 3 is 2.48 bits per heavy atom. The van der Waals surface area contributed by atoms with Crippen molar-refractivity contribution in [1.29, 1.82) is 5.26 Å². The lowest BCUT2D eigenvalue weighted by Gasteiger charge is -2.11. The number of carbonyl (C=O) groups excluding carboxylic acids is 1. The van der Waals surface area contributed by atoms with Crippen LogP contribution in [0.15, 0.2) is 34.4 Å². The first-order valence-corrected chi connectivity index (χ1v) is 9.51. The van der Waals surface area contributed by atoms with Crippen LogP contribution in [0.3, 0.4) is 0 Å². The molecule has 0 aliphatic carbocycles. The third kappa shape index (κ3) is 5.77. The SMILES string of the molecule is CSc1nc(OCc2ccc(C(F)(F)F)cc2)c(C#N)c(SCC(N)=O)n1. The van der Waals surface area contributed by atoms with Gasteiger partial charge in [-0.2, -0.15) is 23.4 Å². The number of nitrogens with zero attached hydrogens (tertiary/aromatic N) is 3. The second-order valence-corrected chi connectivity index (χ2v) is 6.78. The maximum Gasteiger partial charge on any atom is 0.416 e. The standard InChI is InChI=1S/C16H13F3N4O2S2/c1-26-15-22-13(11(6-20)14(23-15)27-8-12(21)24)25-7-9-2-4-10(5-3-9)16(17,18)19/h2-5H,7-8H2,1H3,(H2,21,24). The maximum absolute atomic E-state index is 12.6. The number of benzene rings is 1. The van der Waals surface area contributed by atoms with Gasteiger partial charge in [0.05, 0.1) is 11.3 Å². The van der Waals surface area contributed by atoms with E-state index in [0.717, 1.165) is 23.9 Å². The molecule has 142 valence electrons. The molecular weight excluding hydrogens is 401 g/mol. The van der Waals surface area contributed by atoms with Gasteiger partial charge in [0, 0.05) is 0 Å². The van der Waals surface area contributed by atoms with Crippen molar-refractivity contribution in [1.82, 2.24) is 9.97 Å². The molecule has 0 atom stereocenters. The van der Waals surface area contributed by atoms with E-state index in [0.29, 0.717) is 10.7 Å². The summed E-state index contributed by atoms with van der Waals surface area (Å²) in [6.45, 7) is -0.0857. The van der Waals surface area contributed by atoms with Gasteiger partial charge >= 0.3 is 6.18 Å². The van der Waals surface area contributed by atoms with Gasteiger partial charge in [0.15, 0.2) is 5.16 Å². The quantitative estimate of drug-likeness (QED) is 0.421. The number of carbonyl (C=O) groups is 1. The van der Waals surface area contributed by atoms with Crippen molar-refractivity contribution in [3.63, 3.8) is 0 Å². The molecule has 1 amide bonds. The number of nitriles is 1. The summed E-state index contributed by atoms with van der Waals surface area (Å²) >= 11 is 2.19. The predicted octanol–water partition coefficient (Wildman–Crippen LogP) is 3.25. The van der Waals surface area contributed by atoms with Crippen LogP contribution in [0.4, 0.5) is 13.2 Å². The Bertz CT molecular complexity index is 868. The molecule has 0 aliphatic rings. The molecular formula is C16H13F3N4O2S2. The highest BCUT2D eigenvalue weighted by Gasteiger charge is 2.30. The Balaban J connectivity index is 2.23. The summed E-state index contributed by atoms with van der Waals surface area (Å²) in [4.78, 5) is 19.3. The number of aromatic nitrogens is 2. The van der Waals surface area contributed by atoms with Gasteiger partial charge in [0.1, 0.15) is 23.3 Å². The molecule has 27 heavy (non-hydrogen) atoms. The summed E-state index contributed by atoms with van der Waals surface area (Å²) < 4.78 is 43.3. The predicted molar refractivity (Wildman–Crippen MR) is 94.2 cm³/mol. The topological polar surface area (TPSA) is 102 Å². The number of ether oxygens (including phenoxy) is 1. The Hall–Kier alpha value is -2.45. The van der Waals surface area contributed by atoms with Crippen LogP contribution in [0, 0.1) is 11.3 Å². The van der Waals surface area contributed by atoms with Crippen LogP contribution in [0.2, 0.25) is 0 Å². The maximum atomic E-state index is 12.6. The first-order valence-electron chi connectivity index (χ1n) is 7.30. The molecule has 0 saturated carbocycles. The first kappa shape index (κ1) is 20.9. The molecule has 2 N–H and O–H groups in total. The highest BCUT2D eigenvalue weighted by atomic mass is 32.2. The van der Waals surface area contributed by atoms with E-state index in [-0.39, 0.29) is 28.8 Å². The third-order valence-electron chi connectivity index (χ3n) is 3.12. The zero-order valence-electron chi connectivity index (χ0n) is 13.9. The van der Waals surface area contributed by atoms with E-state index >= 15 is 0 Å². The smallest absolute Gasteiger partial charge is 0.416 e. The zero-order valence-corrected chi connectivity index (χ0v) is 15.5. The number of alkyl halides is 3. The van der Waals surface area contributed by atoms with Crippen molar-refractivity contribution in [3.05, 3.63) is 41.0 Å². The molecule has 2 aromatic rings. The summed E-state index contributed by atoms with van der Waals surface area (Å²) in [5.41, 5.74) is 4.86. The zero-order chi connectivity index (χ0) is 20.0. The highest BCUT2D eigenvalue weighted by Crippen LogP contribution is 2.31. The Labute approximate surface area is 161 Å². The van der Waals surface area contributed by atoms with Crippen molar-refractivity contribution in [2.75, 3.05) is 12.0 Å². The second kappa shape index (κ2) is 8.96. The average molecular weight is 414 g/mol. The summed E-state index contributed by atoms with van der Waals surface area (Å²) in [5, 5.41) is 9.95. The van der Waals surface area contributed by atoms with Gasteiger partial charge in [-0.25, -0.2) is 4.98 Å². The van der Waals surface area contributed by atoms with Crippen LogP contribution in [-0.2, 0) is 17.6 Å². The molecule has 0 saturated heterocycles. The highest BCUT2D eigenvalue weighted by molar-refractivity contribution is 8.00. The molecule has 2 rings (SSSR count). The molecule has 0 unspecified atom stereocenters. The number of thioether (sulfide) groups is 2. The van der Waals surface area contributed by atoms with E-state index in [2.05, 4.69) is 9.97 Å². The summed E-state index contributed by atoms with van der Waals surface area (Å²) in [7, 11) is 0. The molecule has 0 bridgehead atoms. The number of halogens is 3. The lowest BCUT2D eigenvalue weighted by atomic mass is 10.1. The Kier molecular flexibility index (Phi) is 6.92. The van der Waals surface area contributed by atoms with Gasteiger partial charge in [-0.3, -0.25) is 4.79 Å². The minimum Gasteiger partial charge on any atom is -0.472 e. The summed E-state index contributed by atoms with van der Waals surface area (Å²) in [6.07, 6.45) is -2.69. The molecule has 0 spiro atoms. The minimum absolute atomic E-state index is 0.0104.